The highest BCUT2D eigenvalue weighted by atomic mass is 32.2. The molecule has 0 unspecified atom stereocenters. The minimum absolute atomic E-state index is 0.0577. The van der Waals surface area contributed by atoms with Gasteiger partial charge < -0.3 is 10.6 Å². The molecule has 2 saturated heterocycles. The molecule has 5 nitrogen and oxygen atoms in total. The third-order valence-electron chi connectivity index (χ3n) is 5.28. The Morgan fingerprint density at radius 2 is 1.89 bits per heavy atom. The first-order valence-corrected chi connectivity index (χ1v) is 10.6. The molecular weight excluding hydrogens is 391 g/mol. The number of thioether (sulfide) groups is 1. The fourth-order valence-corrected chi connectivity index (χ4v) is 4.87. The smallest absolute Gasteiger partial charge is 0.348 e. The van der Waals surface area contributed by atoms with Crippen LogP contribution in [0.1, 0.15) is 24.8 Å². The molecule has 2 amide bonds. The monoisotopic (exact) mass is 415 g/mol. The zero-order valence-corrected chi connectivity index (χ0v) is 16.2. The normalized spacial score (nSPS) is 21.5. The third-order valence-corrected chi connectivity index (χ3v) is 6.42. The van der Waals surface area contributed by atoms with Gasteiger partial charge in [0.15, 0.2) is 0 Å². The fraction of sp³-hybridized carbons (Fsp3) is 0.579. The minimum atomic E-state index is -4.50. The van der Waals surface area contributed by atoms with Gasteiger partial charge in [-0.1, -0.05) is 6.07 Å². The van der Waals surface area contributed by atoms with E-state index in [-0.39, 0.29) is 5.69 Å². The van der Waals surface area contributed by atoms with Crippen LogP contribution in [0.25, 0.3) is 0 Å². The molecule has 0 aromatic heterocycles. The zero-order valence-electron chi connectivity index (χ0n) is 15.4. The maximum atomic E-state index is 12.7. The van der Waals surface area contributed by atoms with Crippen molar-refractivity contribution < 1.29 is 22.8 Å². The Kier molecular flexibility index (Phi) is 6.87. The maximum Gasteiger partial charge on any atom is 0.416 e. The molecule has 2 heterocycles. The first-order chi connectivity index (χ1) is 13.3. The quantitative estimate of drug-likeness (QED) is 0.743. The topological polar surface area (TPSA) is 61.4 Å². The summed E-state index contributed by atoms with van der Waals surface area (Å²) in [4.78, 5) is 26.5. The van der Waals surface area contributed by atoms with Gasteiger partial charge in [-0.2, -0.15) is 24.9 Å². The van der Waals surface area contributed by atoms with Crippen molar-refractivity contribution in [3.63, 3.8) is 0 Å². The van der Waals surface area contributed by atoms with E-state index in [9.17, 15) is 22.8 Å². The second kappa shape index (κ2) is 9.17. The molecule has 2 aliphatic heterocycles. The van der Waals surface area contributed by atoms with E-state index in [1.54, 1.807) is 0 Å². The number of nitrogens with one attached hydrogen (secondary N) is 2. The van der Waals surface area contributed by atoms with E-state index in [0.29, 0.717) is 18.5 Å². The molecule has 0 bridgehead atoms. The van der Waals surface area contributed by atoms with Crippen molar-refractivity contribution in [3.05, 3.63) is 29.8 Å². The van der Waals surface area contributed by atoms with Crippen LogP contribution in [-0.4, -0.2) is 53.9 Å². The maximum absolute atomic E-state index is 12.7. The molecule has 0 spiro atoms. The van der Waals surface area contributed by atoms with Crippen LogP contribution >= 0.6 is 11.8 Å². The van der Waals surface area contributed by atoms with E-state index in [2.05, 4.69) is 15.5 Å². The number of rotatable bonds is 4. The number of alkyl halides is 3. The number of benzene rings is 1. The highest BCUT2D eigenvalue weighted by Gasteiger charge is 2.31. The van der Waals surface area contributed by atoms with Crippen molar-refractivity contribution in [1.82, 2.24) is 10.2 Å². The van der Waals surface area contributed by atoms with Crippen LogP contribution in [0.2, 0.25) is 0 Å². The van der Waals surface area contributed by atoms with Crippen LogP contribution in [0.3, 0.4) is 0 Å². The van der Waals surface area contributed by atoms with Gasteiger partial charge >= 0.3 is 18.0 Å². The van der Waals surface area contributed by atoms with E-state index < -0.39 is 23.6 Å². The summed E-state index contributed by atoms with van der Waals surface area (Å²) < 4.78 is 38.2. The summed E-state index contributed by atoms with van der Waals surface area (Å²) >= 11 is 1.99. The second-order valence-electron chi connectivity index (χ2n) is 7.24. The van der Waals surface area contributed by atoms with Crippen molar-refractivity contribution in [3.8, 4) is 0 Å². The standard InChI is InChI=1S/C19H24F3N3O2S/c20-19(21,22)14-2-1-3-15(10-14)24-18(27)17(26)23-11-13-4-7-25(8-5-13)16-6-9-28-12-16/h1-3,10,13,16H,4-9,11-12H2,(H,23,26)(H,24,27)/t16-/m0/s1. The first kappa shape index (κ1) is 21.0. The summed E-state index contributed by atoms with van der Waals surface area (Å²) in [6.45, 7) is 2.41. The van der Waals surface area contributed by atoms with Crippen LogP contribution < -0.4 is 10.6 Å². The Hall–Kier alpha value is -1.74. The van der Waals surface area contributed by atoms with Gasteiger partial charge in [0.2, 0.25) is 0 Å². The molecule has 9 heteroatoms. The molecule has 0 radical (unpaired) electrons. The Labute approximate surface area is 166 Å². The molecule has 1 aromatic carbocycles. The predicted molar refractivity (Wildman–Crippen MR) is 103 cm³/mol. The Bertz CT molecular complexity index is 700. The lowest BCUT2D eigenvalue weighted by Crippen LogP contribution is -2.45. The van der Waals surface area contributed by atoms with E-state index in [1.807, 2.05) is 11.8 Å². The highest BCUT2D eigenvalue weighted by Crippen LogP contribution is 2.30. The van der Waals surface area contributed by atoms with Gasteiger partial charge in [-0.05, 0) is 62.2 Å². The average molecular weight is 415 g/mol. The van der Waals surface area contributed by atoms with E-state index in [0.717, 1.165) is 38.1 Å². The number of carbonyl (C=O) groups is 2. The molecule has 2 aliphatic rings. The molecule has 1 aromatic rings. The Balaban J connectivity index is 1.42. The summed E-state index contributed by atoms with van der Waals surface area (Å²) in [5.74, 6) is 0.945. The number of nitrogens with zero attached hydrogens (tertiary/aromatic N) is 1. The third kappa shape index (κ3) is 5.64. The molecule has 1 atom stereocenters. The van der Waals surface area contributed by atoms with Gasteiger partial charge in [0.25, 0.3) is 0 Å². The molecule has 0 saturated carbocycles. The average Bonchev–Trinajstić information content (AvgIpc) is 3.21. The minimum Gasteiger partial charge on any atom is -0.348 e. The van der Waals surface area contributed by atoms with Gasteiger partial charge in [-0.3, -0.25) is 14.5 Å². The van der Waals surface area contributed by atoms with Crippen LogP contribution in [0, 0.1) is 5.92 Å². The van der Waals surface area contributed by atoms with Crippen molar-refractivity contribution in [2.75, 3.05) is 36.5 Å². The fourth-order valence-electron chi connectivity index (χ4n) is 3.61. The largest absolute Gasteiger partial charge is 0.416 e. The van der Waals surface area contributed by atoms with Gasteiger partial charge in [-0.25, -0.2) is 0 Å². The van der Waals surface area contributed by atoms with Gasteiger partial charge in [0.05, 0.1) is 5.56 Å². The molecule has 0 aliphatic carbocycles. The lowest BCUT2D eigenvalue weighted by atomic mass is 9.95. The summed E-state index contributed by atoms with van der Waals surface area (Å²) in [5, 5.41) is 4.83. The number of hydrogen-bond donors (Lipinski definition) is 2. The first-order valence-electron chi connectivity index (χ1n) is 9.41. The molecule has 2 N–H and O–H groups in total. The number of halogens is 3. The van der Waals surface area contributed by atoms with Crippen molar-refractivity contribution in [2.24, 2.45) is 5.92 Å². The van der Waals surface area contributed by atoms with E-state index in [1.165, 1.54) is 30.1 Å². The highest BCUT2D eigenvalue weighted by molar-refractivity contribution is 7.99. The zero-order chi connectivity index (χ0) is 20.1. The van der Waals surface area contributed by atoms with Gasteiger partial charge in [0.1, 0.15) is 0 Å². The van der Waals surface area contributed by atoms with E-state index >= 15 is 0 Å². The molecule has 2 fully saturated rings. The van der Waals surface area contributed by atoms with Crippen molar-refractivity contribution >= 4 is 29.3 Å². The second-order valence-corrected chi connectivity index (χ2v) is 8.39. The summed E-state index contributed by atoms with van der Waals surface area (Å²) in [5.41, 5.74) is -0.934. The number of anilines is 1. The molecular formula is C19H24F3N3O2S. The van der Waals surface area contributed by atoms with Gasteiger partial charge in [-0.15, -0.1) is 0 Å². The van der Waals surface area contributed by atoms with Crippen LogP contribution in [0.4, 0.5) is 18.9 Å². The summed E-state index contributed by atoms with van der Waals surface area (Å²) in [6.07, 6.45) is -1.33. The number of piperidine rings is 1. The molecule has 28 heavy (non-hydrogen) atoms. The predicted octanol–water partition coefficient (Wildman–Crippen LogP) is 2.98. The van der Waals surface area contributed by atoms with Crippen LogP contribution in [0.15, 0.2) is 24.3 Å². The van der Waals surface area contributed by atoms with Crippen LogP contribution in [-0.2, 0) is 15.8 Å². The lowest BCUT2D eigenvalue weighted by Gasteiger charge is -2.35. The Morgan fingerprint density at radius 3 is 2.54 bits per heavy atom. The number of amides is 2. The number of hydrogen-bond acceptors (Lipinski definition) is 4. The lowest BCUT2D eigenvalue weighted by molar-refractivity contribution is -0.137. The molecule has 3 rings (SSSR count). The van der Waals surface area contributed by atoms with Crippen molar-refractivity contribution in [1.29, 1.82) is 0 Å². The summed E-state index contributed by atoms with van der Waals surface area (Å²) in [7, 11) is 0. The van der Waals surface area contributed by atoms with Gasteiger partial charge in [0, 0.05) is 24.0 Å². The SMILES string of the molecule is O=C(NCC1CCN([C@H]2CCSC2)CC1)C(=O)Nc1cccc(C(F)(F)F)c1. The van der Waals surface area contributed by atoms with Crippen molar-refractivity contribution in [2.45, 2.75) is 31.5 Å². The number of carbonyl (C=O) groups excluding carboxylic acids is 2. The Morgan fingerprint density at radius 1 is 1.14 bits per heavy atom. The summed E-state index contributed by atoms with van der Waals surface area (Å²) in [6, 6.07) is 4.89. The molecule has 154 valence electrons. The van der Waals surface area contributed by atoms with E-state index in [4.69, 9.17) is 0 Å². The van der Waals surface area contributed by atoms with Crippen LogP contribution in [0.5, 0.6) is 0 Å². The number of likely N-dealkylation sites (tertiary alicyclic amines) is 1.